The van der Waals surface area contributed by atoms with Gasteiger partial charge in [-0.2, -0.15) is 0 Å². The predicted octanol–water partition coefficient (Wildman–Crippen LogP) is 0.339. The van der Waals surface area contributed by atoms with Crippen LogP contribution in [-0.2, 0) is 9.53 Å². The minimum atomic E-state index is -0.240. The minimum absolute atomic E-state index is 0.162. The Morgan fingerprint density at radius 2 is 2.06 bits per heavy atom. The smallest absolute Gasteiger partial charge is 0.231 e. The average Bonchev–Trinajstić information content (AvgIpc) is 2.31. The van der Waals surface area contributed by atoms with E-state index in [9.17, 15) is 4.79 Å². The van der Waals surface area contributed by atoms with E-state index in [1.54, 1.807) is 7.11 Å². The monoisotopic (exact) mass is 257 g/mol. The number of nitrogens with one attached hydrogen (secondary N) is 1. The van der Waals surface area contributed by atoms with Crippen molar-refractivity contribution in [1.29, 1.82) is 0 Å². The molecular formula is C13H27N3O2. The van der Waals surface area contributed by atoms with Crippen molar-refractivity contribution in [2.75, 3.05) is 26.7 Å². The van der Waals surface area contributed by atoms with Gasteiger partial charge >= 0.3 is 0 Å². The zero-order chi connectivity index (χ0) is 13.8. The maximum Gasteiger partial charge on any atom is 0.231 e. The van der Waals surface area contributed by atoms with Crippen molar-refractivity contribution in [1.82, 2.24) is 10.2 Å². The van der Waals surface area contributed by atoms with Crippen molar-refractivity contribution in [2.24, 2.45) is 5.73 Å². The van der Waals surface area contributed by atoms with Crippen molar-refractivity contribution in [3.8, 4) is 0 Å². The van der Waals surface area contributed by atoms with E-state index >= 15 is 0 Å². The number of rotatable bonds is 6. The summed E-state index contributed by atoms with van der Waals surface area (Å²) in [7, 11) is 1.74. The molecule has 0 aromatic heterocycles. The molecule has 0 spiro atoms. The van der Waals surface area contributed by atoms with Crippen LogP contribution in [0.2, 0.25) is 0 Å². The molecule has 0 bridgehead atoms. The first-order chi connectivity index (χ1) is 8.35. The molecule has 1 aliphatic rings. The molecule has 0 aromatic rings. The van der Waals surface area contributed by atoms with Gasteiger partial charge in [0.1, 0.15) is 0 Å². The standard InChI is InChI=1S/C13H27N3O2/c1-10(13(2,3)18-4)15-11-5-7-16(8-6-11)9-12(14)17/h10-11,15H,5-9H2,1-4H3,(H2,14,17). The molecule has 0 radical (unpaired) electrons. The van der Waals surface area contributed by atoms with Gasteiger partial charge in [-0.3, -0.25) is 9.69 Å². The molecule has 1 atom stereocenters. The topological polar surface area (TPSA) is 67.6 Å². The van der Waals surface area contributed by atoms with Crippen LogP contribution in [0, 0.1) is 0 Å². The summed E-state index contributed by atoms with van der Waals surface area (Å²) in [5.74, 6) is -0.240. The Labute approximate surface area is 110 Å². The van der Waals surface area contributed by atoms with Crippen LogP contribution in [0.5, 0.6) is 0 Å². The molecule has 0 aliphatic carbocycles. The molecule has 1 saturated heterocycles. The van der Waals surface area contributed by atoms with Gasteiger partial charge in [0.05, 0.1) is 12.1 Å². The van der Waals surface area contributed by atoms with Crippen molar-refractivity contribution in [2.45, 2.75) is 51.3 Å². The lowest BCUT2D eigenvalue weighted by Gasteiger charge is -2.37. The van der Waals surface area contributed by atoms with Crippen LogP contribution in [0.4, 0.5) is 0 Å². The number of hydrogen-bond donors (Lipinski definition) is 2. The maximum absolute atomic E-state index is 10.8. The molecule has 1 aliphatic heterocycles. The van der Waals surface area contributed by atoms with E-state index in [1.165, 1.54) is 0 Å². The molecule has 106 valence electrons. The van der Waals surface area contributed by atoms with Crippen LogP contribution in [0.3, 0.4) is 0 Å². The Kier molecular flexibility index (Phi) is 5.56. The zero-order valence-electron chi connectivity index (χ0n) is 12.0. The highest BCUT2D eigenvalue weighted by Gasteiger charge is 2.28. The van der Waals surface area contributed by atoms with Crippen LogP contribution in [-0.4, -0.2) is 55.2 Å². The lowest BCUT2D eigenvalue weighted by Crippen LogP contribution is -2.53. The van der Waals surface area contributed by atoms with Gasteiger partial charge in [-0.1, -0.05) is 0 Å². The van der Waals surface area contributed by atoms with E-state index in [2.05, 4.69) is 31.0 Å². The summed E-state index contributed by atoms with van der Waals surface area (Å²) in [6.45, 7) is 8.58. The molecule has 3 N–H and O–H groups in total. The molecule has 1 amide bonds. The molecule has 18 heavy (non-hydrogen) atoms. The van der Waals surface area contributed by atoms with E-state index in [1.807, 2.05) is 0 Å². The highest BCUT2D eigenvalue weighted by molar-refractivity contribution is 5.75. The SMILES string of the molecule is COC(C)(C)C(C)NC1CCN(CC(N)=O)CC1. The fourth-order valence-electron chi connectivity index (χ4n) is 2.21. The lowest BCUT2D eigenvalue weighted by molar-refractivity contribution is -0.119. The second-order valence-corrected chi connectivity index (χ2v) is 5.71. The van der Waals surface area contributed by atoms with Crippen LogP contribution >= 0.6 is 0 Å². The van der Waals surface area contributed by atoms with E-state index in [0.717, 1.165) is 25.9 Å². The van der Waals surface area contributed by atoms with Gasteiger partial charge in [-0.05, 0) is 33.6 Å². The number of hydrogen-bond acceptors (Lipinski definition) is 4. The van der Waals surface area contributed by atoms with Crippen molar-refractivity contribution in [3.63, 3.8) is 0 Å². The second kappa shape index (κ2) is 6.50. The number of methoxy groups -OCH3 is 1. The fourth-order valence-corrected chi connectivity index (χ4v) is 2.21. The number of likely N-dealkylation sites (tertiary alicyclic amines) is 1. The van der Waals surface area contributed by atoms with Gasteiger partial charge in [0.15, 0.2) is 0 Å². The molecule has 1 heterocycles. The molecule has 5 heteroatoms. The molecule has 1 rings (SSSR count). The highest BCUT2D eigenvalue weighted by atomic mass is 16.5. The number of nitrogens with two attached hydrogens (primary N) is 1. The number of primary amides is 1. The molecule has 0 saturated carbocycles. The number of amides is 1. The summed E-state index contributed by atoms with van der Waals surface area (Å²) in [6.07, 6.45) is 2.11. The fraction of sp³-hybridized carbons (Fsp3) is 0.923. The second-order valence-electron chi connectivity index (χ2n) is 5.71. The Morgan fingerprint density at radius 1 is 1.50 bits per heavy atom. The average molecular weight is 257 g/mol. The summed E-state index contributed by atoms with van der Waals surface area (Å²) in [5, 5.41) is 3.62. The molecule has 5 nitrogen and oxygen atoms in total. The van der Waals surface area contributed by atoms with E-state index in [0.29, 0.717) is 18.6 Å². The highest BCUT2D eigenvalue weighted by Crippen LogP contribution is 2.17. The first-order valence-corrected chi connectivity index (χ1v) is 6.67. The first kappa shape index (κ1) is 15.4. The van der Waals surface area contributed by atoms with Crippen LogP contribution in [0.1, 0.15) is 33.6 Å². The maximum atomic E-state index is 10.8. The number of nitrogens with zero attached hydrogens (tertiary/aromatic N) is 1. The van der Waals surface area contributed by atoms with E-state index in [-0.39, 0.29) is 11.5 Å². The van der Waals surface area contributed by atoms with Crippen molar-refractivity contribution < 1.29 is 9.53 Å². The molecule has 1 fully saturated rings. The Bertz CT molecular complexity index is 273. The summed E-state index contributed by atoms with van der Waals surface area (Å²) < 4.78 is 5.48. The van der Waals surface area contributed by atoms with E-state index in [4.69, 9.17) is 10.5 Å². The number of ether oxygens (including phenoxy) is 1. The summed E-state index contributed by atoms with van der Waals surface area (Å²) in [6, 6.07) is 0.800. The summed E-state index contributed by atoms with van der Waals surface area (Å²) >= 11 is 0. The van der Waals surface area contributed by atoms with Crippen LogP contribution in [0.25, 0.3) is 0 Å². The third kappa shape index (κ3) is 4.55. The van der Waals surface area contributed by atoms with Gasteiger partial charge in [0.2, 0.25) is 5.91 Å². The van der Waals surface area contributed by atoms with Crippen molar-refractivity contribution >= 4 is 5.91 Å². The Balaban J connectivity index is 2.33. The van der Waals surface area contributed by atoms with Crippen LogP contribution in [0.15, 0.2) is 0 Å². The van der Waals surface area contributed by atoms with Gasteiger partial charge in [-0.25, -0.2) is 0 Å². The van der Waals surface area contributed by atoms with Crippen molar-refractivity contribution in [3.05, 3.63) is 0 Å². The quantitative estimate of drug-likeness (QED) is 0.720. The minimum Gasteiger partial charge on any atom is -0.377 e. The first-order valence-electron chi connectivity index (χ1n) is 6.67. The molecule has 0 aromatic carbocycles. The Morgan fingerprint density at radius 3 is 2.50 bits per heavy atom. The van der Waals surface area contributed by atoms with Crippen LogP contribution < -0.4 is 11.1 Å². The predicted molar refractivity (Wildman–Crippen MR) is 72.3 cm³/mol. The zero-order valence-corrected chi connectivity index (χ0v) is 12.0. The third-order valence-electron chi connectivity index (χ3n) is 4.02. The van der Waals surface area contributed by atoms with Gasteiger partial charge in [0.25, 0.3) is 0 Å². The molecule has 1 unspecified atom stereocenters. The van der Waals surface area contributed by atoms with Gasteiger partial charge in [0, 0.05) is 32.3 Å². The largest absolute Gasteiger partial charge is 0.377 e. The van der Waals surface area contributed by atoms with E-state index < -0.39 is 0 Å². The number of carbonyl (C=O) groups is 1. The molecular weight excluding hydrogens is 230 g/mol. The summed E-state index contributed by atoms with van der Waals surface area (Å²) in [5.41, 5.74) is 5.04. The Hall–Kier alpha value is -0.650. The van der Waals surface area contributed by atoms with Gasteiger partial charge in [-0.15, -0.1) is 0 Å². The van der Waals surface area contributed by atoms with Gasteiger partial charge < -0.3 is 15.8 Å². The lowest BCUT2D eigenvalue weighted by atomic mass is 9.97. The number of piperidine rings is 1. The normalized spacial score (nSPS) is 20.9. The number of carbonyl (C=O) groups excluding carboxylic acids is 1. The third-order valence-corrected chi connectivity index (χ3v) is 4.02. The summed E-state index contributed by atoms with van der Waals surface area (Å²) in [4.78, 5) is 13.0.